The highest BCUT2D eigenvalue weighted by Gasteiger charge is 2.00. The van der Waals surface area contributed by atoms with Crippen molar-refractivity contribution in [1.82, 2.24) is 25.1 Å². The van der Waals surface area contributed by atoms with Crippen LogP contribution in [-0.2, 0) is 6.42 Å². The fourth-order valence-electron chi connectivity index (χ4n) is 1.14. The van der Waals surface area contributed by atoms with Crippen LogP contribution < -0.4 is 11.1 Å². The summed E-state index contributed by atoms with van der Waals surface area (Å²) < 4.78 is 0. The molecule has 2 aromatic rings. The van der Waals surface area contributed by atoms with Crippen LogP contribution in [0.4, 0.5) is 11.6 Å². The Morgan fingerprint density at radius 3 is 2.87 bits per heavy atom. The lowest BCUT2D eigenvalue weighted by atomic mass is 10.4. The molecule has 0 fully saturated rings. The molecule has 7 nitrogen and oxygen atoms in total. The predicted molar refractivity (Wildman–Crippen MR) is 55.0 cm³/mol. The van der Waals surface area contributed by atoms with Crippen molar-refractivity contribution in [2.24, 2.45) is 0 Å². The van der Waals surface area contributed by atoms with Crippen LogP contribution in [0.3, 0.4) is 0 Å². The quantitative estimate of drug-likeness (QED) is 0.640. The number of H-pyrrole nitrogens is 1. The molecule has 2 aromatic heterocycles. The molecule has 7 heteroatoms. The van der Waals surface area contributed by atoms with Gasteiger partial charge in [-0.15, -0.1) is 0 Å². The minimum absolute atomic E-state index is 0.398. The smallest absolute Gasteiger partial charge is 0.168 e. The van der Waals surface area contributed by atoms with Gasteiger partial charge in [-0.25, -0.2) is 15.0 Å². The first-order valence-electron chi connectivity index (χ1n) is 4.51. The van der Waals surface area contributed by atoms with Crippen LogP contribution in [0.5, 0.6) is 0 Å². The number of rotatable bonds is 4. The van der Waals surface area contributed by atoms with E-state index in [-0.39, 0.29) is 0 Å². The summed E-state index contributed by atoms with van der Waals surface area (Å²) >= 11 is 0. The number of hydrogen-bond acceptors (Lipinski definition) is 6. The maximum Gasteiger partial charge on any atom is 0.168 e. The number of hydrogen-bond donors (Lipinski definition) is 3. The van der Waals surface area contributed by atoms with Crippen molar-refractivity contribution in [3.8, 4) is 0 Å². The van der Waals surface area contributed by atoms with Crippen molar-refractivity contribution in [3.63, 3.8) is 0 Å². The maximum atomic E-state index is 5.61. The molecular weight excluding hydrogens is 194 g/mol. The monoisotopic (exact) mass is 205 g/mol. The van der Waals surface area contributed by atoms with E-state index in [0.29, 0.717) is 18.2 Å². The number of nitrogens with zero attached hydrogens (tertiary/aromatic N) is 4. The van der Waals surface area contributed by atoms with Gasteiger partial charge < -0.3 is 11.1 Å². The average molecular weight is 205 g/mol. The van der Waals surface area contributed by atoms with E-state index in [1.54, 1.807) is 12.4 Å². The van der Waals surface area contributed by atoms with E-state index >= 15 is 0 Å². The second-order valence-electron chi connectivity index (χ2n) is 2.90. The van der Waals surface area contributed by atoms with Gasteiger partial charge in [-0.3, -0.25) is 5.10 Å². The van der Waals surface area contributed by atoms with Gasteiger partial charge in [0.05, 0.1) is 0 Å². The molecular formula is C8H11N7. The molecule has 0 aliphatic rings. The van der Waals surface area contributed by atoms with Crippen LogP contribution in [0.15, 0.2) is 18.7 Å². The normalized spacial score (nSPS) is 10.1. The fraction of sp³-hybridized carbons (Fsp3) is 0.250. The molecule has 0 atom stereocenters. The number of aromatic nitrogens is 5. The van der Waals surface area contributed by atoms with E-state index in [4.69, 9.17) is 5.73 Å². The lowest BCUT2D eigenvalue weighted by Gasteiger charge is -2.05. The molecule has 2 rings (SSSR count). The van der Waals surface area contributed by atoms with E-state index in [1.807, 2.05) is 0 Å². The van der Waals surface area contributed by atoms with Crippen molar-refractivity contribution in [3.05, 3.63) is 24.5 Å². The Morgan fingerprint density at radius 2 is 2.13 bits per heavy atom. The molecule has 0 radical (unpaired) electrons. The van der Waals surface area contributed by atoms with Crippen LogP contribution in [-0.4, -0.2) is 31.7 Å². The Labute approximate surface area is 86.2 Å². The predicted octanol–water partition coefficient (Wildman–Crippen LogP) is -0.169. The second kappa shape index (κ2) is 4.36. The van der Waals surface area contributed by atoms with Gasteiger partial charge in [-0.1, -0.05) is 0 Å². The lowest BCUT2D eigenvalue weighted by molar-refractivity contribution is 0.896. The first kappa shape index (κ1) is 9.38. The topological polar surface area (TPSA) is 105 Å². The van der Waals surface area contributed by atoms with E-state index in [1.165, 1.54) is 6.33 Å². The zero-order chi connectivity index (χ0) is 10.5. The highest BCUT2D eigenvalue weighted by atomic mass is 15.2. The largest absolute Gasteiger partial charge is 0.381 e. The summed E-state index contributed by atoms with van der Waals surface area (Å²) in [4.78, 5) is 12.0. The summed E-state index contributed by atoms with van der Waals surface area (Å²) in [5.41, 5.74) is 5.61. The SMILES string of the molecule is Nc1nccnc1NCCc1ncn[nH]1. The molecule has 0 aromatic carbocycles. The van der Waals surface area contributed by atoms with Gasteiger partial charge in [0.25, 0.3) is 0 Å². The molecule has 0 saturated carbocycles. The highest BCUT2D eigenvalue weighted by molar-refractivity contribution is 5.54. The van der Waals surface area contributed by atoms with Gasteiger partial charge in [-0.05, 0) is 0 Å². The summed E-state index contributed by atoms with van der Waals surface area (Å²) in [6, 6.07) is 0. The average Bonchev–Trinajstić information content (AvgIpc) is 2.74. The first-order chi connectivity index (χ1) is 7.36. The summed E-state index contributed by atoms with van der Waals surface area (Å²) in [7, 11) is 0. The molecule has 0 bridgehead atoms. The van der Waals surface area contributed by atoms with Crippen LogP contribution in [0.25, 0.3) is 0 Å². The Bertz CT molecular complexity index is 411. The summed E-state index contributed by atoms with van der Waals surface area (Å²) in [5.74, 6) is 1.82. The van der Waals surface area contributed by atoms with Gasteiger partial charge in [0.15, 0.2) is 11.6 Å². The van der Waals surface area contributed by atoms with Crippen molar-refractivity contribution in [2.75, 3.05) is 17.6 Å². The summed E-state index contributed by atoms with van der Waals surface area (Å²) in [6.45, 7) is 0.679. The van der Waals surface area contributed by atoms with Crippen LogP contribution in [0.2, 0.25) is 0 Å². The molecule has 0 aliphatic carbocycles. The molecule has 0 saturated heterocycles. The number of nitrogens with one attached hydrogen (secondary N) is 2. The van der Waals surface area contributed by atoms with Gasteiger partial charge in [-0.2, -0.15) is 5.10 Å². The Hall–Kier alpha value is -2.18. The van der Waals surface area contributed by atoms with E-state index in [0.717, 1.165) is 12.2 Å². The Balaban J connectivity index is 1.86. The van der Waals surface area contributed by atoms with Gasteiger partial charge in [0.2, 0.25) is 0 Å². The van der Waals surface area contributed by atoms with E-state index < -0.39 is 0 Å². The lowest BCUT2D eigenvalue weighted by Crippen LogP contribution is -2.09. The third-order valence-electron chi connectivity index (χ3n) is 1.85. The van der Waals surface area contributed by atoms with Crippen molar-refractivity contribution >= 4 is 11.6 Å². The van der Waals surface area contributed by atoms with Gasteiger partial charge >= 0.3 is 0 Å². The number of nitrogen functional groups attached to an aromatic ring is 1. The first-order valence-corrected chi connectivity index (χ1v) is 4.51. The zero-order valence-electron chi connectivity index (χ0n) is 8.01. The number of nitrogens with two attached hydrogens (primary N) is 1. The van der Waals surface area contributed by atoms with Crippen LogP contribution in [0, 0.1) is 0 Å². The van der Waals surface area contributed by atoms with Crippen molar-refractivity contribution < 1.29 is 0 Å². The van der Waals surface area contributed by atoms with Gasteiger partial charge in [0.1, 0.15) is 12.2 Å². The number of anilines is 2. The van der Waals surface area contributed by atoms with Crippen LogP contribution >= 0.6 is 0 Å². The fourth-order valence-corrected chi connectivity index (χ4v) is 1.14. The second-order valence-corrected chi connectivity index (χ2v) is 2.90. The Kier molecular flexibility index (Phi) is 2.72. The van der Waals surface area contributed by atoms with Crippen molar-refractivity contribution in [2.45, 2.75) is 6.42 Å². The molecule has 4 N–H and O–H groups in total. The molecule has 0 spiro atoms. The standard InChI is InChI=1S/C8H11N7/c9-7-8(12-4-3-10-7)11-2-1-6-13-5-14-15-6/h3-5H,1-2H2,(H2,9,10)(H,11,12)(H,13,14,15). The summed E-state index contributed by atoms with van der Waals surface area (Å²) in [5, 5.41) is 9.58. The Morgan fingerprint density at radius 1 is 1.27 bits per heavy atom. The molecule has 0 aliphatic heterocycles. The minimum Gasteiger partial charge on any atom is -0.381 e. The summed E-state index contributed by atoms with van der Waals surface area (Å²) in [6.07, 6.45) is 5.35. The van der Waals surface area contributed by atoms with Crippen LogP contribution in [0.1, 0.15) is 5.82 Å². The molecule has 15 heavy (non-hydrogen) atoms. The third kappa shape index (κ3) is 2.39. The van der Waals surface area contributed by atoms with Gasteiger partial charge in [0, 0.05) is 25.4 Å². The molecule has 78 valence electrons. The third-order valence-corrected chi connectivity index (χ3v) is 1.85. The highest BCUT2D eigenvalue weighted by Crippen LogP contribution is 2.08. The van der Waals surface area contributed by atoms with Crippen molar-refractivity contribution in [1.29, 1.82) is 0 Å². The number of aromatic amines is 1. The van der Waals surface area contributed by atoms with E-state index in [2.05, 4.69) is 30.5 Å². The molecule has 2 heterocycles. The minimum atomic E-state index is 0.398. The molecule has 0 unspecified atom stereocenters. The van der Waals surface area contributed by atoms with E-state index in [9.17, 15) is 0 Å². The zero-order valence-corrected chi connectivity index (χ0v) is 8.01. The molecule has 0 amide bonds. The maximum absolute atomic E-state index is 5.61.